The van der Waals surface area contributed by atoms with E-state index in [1.165, 1.54) is 0 Å². The monoisotopic (exact) mass is 368 g/mol. The number of hydrogen-bond donors (Lipinski definition) is 5. The third kappa shape index (κ3) is 1.64. The van der Waals surface area contributed by atoms with Gasteiger partial charge in [-0.05, 0) is 51.4 Å². The lowest BCUT2D eigenvalue weighted by Crippen LogP contribution is -2.64. The molecule has 0 radical (unpaired) electrons. The summed E-state index contributed by atoms with van der Waals surface area (Å²) in [5, 5.41) is 57.1. The molecule has 5 aliphatic rings. The summed E-state index contributed by atoms with van der Waals surface area (Å²) >= 11 is 0. The predicted molar refractivity (Wildman–Crippen MR) is 92.0 cm³/mol. The molecular weight excluding hydrogens is 336 g/mol. The summed E-state index contributed by atoms with van der Waals surface area (Å²) in [5.74, 6) is -0.921. The molecule has 11 atom stereocenters. The van der Waals surface area contributed by atoms with Gasteiger partial charge in [-0.3, -0.25) is 0 Å². The van der Waals surface area contributed by atoms with Gasteiger partial charge in [-0.15, -0.1) is 0 Å². The molecule has 4 aliphatic carbocycles. The van der Waals surface area contributed by atoms with Gasteiger partial charge in [0.05, 0.1) is 29.5 Å². The topological polar surface area (TPSA) is 114 Å². The molecule has 1 saturated heterocycles. The van der Waals surface area contributed by atoms with E-state index in [1.807, 2.05) is 13.8 Å². The Kier molecular flexibility index (Phi) is 3.08. The minimum Gasteiger partial charge on any atom is -0.390 e. The SMILES string of the molecule is CC1(C)[C@H]2O[C@H]2[C@@H]2[C@](C)(O)[C@@H]3CC[C@@H]4C[C@]3(C[C@@]4(C)O)[C@H](O)[C@@H](O)[C@@]21O. The Labute approximate surface area is 154 Å². The second-order valence-corrected chi connectivity index (χ2v) is 11.0. The number of aliphatic hydroxyl groups excluding tert-OH is 2. The van der Waals surface area contributed by atoms with Crippen LogP contribution in [0.5, 0.6) is 0 Å². The molecule has 0 aromatic heterocycles. The molecule has 4 saturated carbocycles. The number of hydrogen-bond acceptors (Lipinski definition) is 6. The van der Waals surface area contributed by atoms with E-state index < -0.39 is 45.8 Å². The highest BCUT2D eigenvalue weighted by Gasteiger charge is 2.83. The Morgan fingerprint density at radius 3 is 2.23 bits per heavy atom. The fourth-order valence-corrected chi connectivity index (χ4v) is 8.15. The third-order valence-electron chi connectivity index (χ3n) is 9.44. The largest absolute Gasteiger partial charge is 0.390 e. The van der Waals surface area contributed by atoms with Crippen molar-refractivity contribution in [1.82, 2.24) is 0 Å². The molecule has 6 nitrogen and oxygen atoms in total. The number of fused-ring (bicyclic) bond motifs is 4. The molecule has 5 fully saturated rings. The van der Waals surface area contributed by atoms with Crippen molar-refractivity contribution < 1.29 is 30.3 Å². The average Bonchev–Trinajstić information content (AvgIpc) is 3.24. The zero-order valence-corrected chi connectivity index (χ0v) is 16.0. The lowest BCUT2D eigenvalue weighted by molar-refractivity contribution is -0.232. The van der Waals surface area contributed by atoms with Crippen LogP contribution in [0.25, 0.3) is 0 Å². The summed E-state index contributed by atoms with van der Waals surface area (Å²) in [7, 11) is 0. The molecule has 1 spiro atoms. The maximum atomic E-state index is 11.8. The van der Waals surface area contributed by atoms with Crippen molar-refractivity contribution in [2.75, 3.05) is 0 Å². The Morgan fingerprint density at radius 1 is 0.923 bits per heavy atom. The van der Waals surface area contributed by atoms with Crippen molar-refractivity contribution in [3.05, 3.63) is 0 Å². The predicted octanol–water partition coefficient (Wildman–Crippen LogP) is 0.185. The van der Waals surface area contributed by atoms with Crippen LogP contribution in [0.2, 0.25) is 0 Å². The minimum atomic E-state index is -1.64. The van der Waals surface area contributed by atoms with Gasteiger partial charge in [-0.1, -0.05) is 13.8 Å². The van der Waals surface area contributed by atoms with Crippen molar-refractivity contribution in [1.29, 1.82) is 0 Å². The normalized spacial score (nSPS) is 68.0. The minimum absolute atomic E-state index is 0.0434. The van der Waals surface area contributed by atoms with Crippen molar-refractivity contribution >= 4 is 0 Å². The van der Waals surface area contributed by atoms with Gasteiger partial charge in [0.25, 0.3) is 0 Å². The van der Waals surface area contributed by atoms with Gasteiger partial charge in [0.15, 0.2) is 0 Å². The second kappa shape index (κ2) is 4.50. The molecule has 1 heterocycles. The van der Waals surface area contributed by atoms with Gasteiger partial charge in [-0.2, -0.15) is 0 Å². The number of ether oxygens (including phenoxy) is 1. The maximum absolute atomic E-state index is 11.8. The molecule has 26 heavy (non-hydrogen) atoms. The first-order chi connectivity index (χ1) is 11.8. The van der Waals surface area contributed by atoms with E-state index in [0.29, 0.717) is 19.3 Å². The van der Waals surface area contributed by atoms with E-state index in [-0.39, 0.29) is 24.0 Å². The fourth-order valence-electron chi connectivity index (χ4n) is 8.15. The quantitative estimate of drug-likeness (QED) is 0.390. The first-order valence-electron chi connectivity index (χ1n) is 10.0. The first kappa shape index (κ1) is 17.8. The van der Waals surface area contributed by atoms with Crippen LogP contribution in [-0.4, -0.2) is 66.8 Å². The van der Waals surface area contributed by atoms with Crippen LogP contribution in [0.15, 0.2) is 0 Å². The highest BCUT2D eigenvalue weighted by atomic mass is 16.6. The summed E-state index contributed by atoms with van der Waals surface area (Å²) in [6.07, 6.45) is -0.752. The summed E-state index contributed by atoms with van der Waals surface area (Å²) < 4.78 is 5.81. The van der Waals surface area contributed by atoms with Crippen LogP contribution < -0.4 is 0 Å². The van der Waals surface area contributed by atoms with Crippen LogP contribution in [0, 0.1) is 28.6 Å². The fraction of sp³-hybridized carbons (Fsp3) is 1.00. The Morgan fingerprint density at radius 2 is 1.58 bits per heavy atom. The molecule has 5 N–H and O–H groups in total. The zero-order valence-electron chi connectivity index (χ0n) is 16.0. The van der Waals surface area contributed by atoms with Crippen LogP contribution in [-0.2, 0) is 4.74 Å². The van der Waals surface area contributed by atoms with Gasteiger partial charge < -0.3 is 30.3 Å². The summed E-state index contributed by atoms with van der Waals surface area (Å²) in [6.45, 7) is 7.24. The maximum Gasteiger partial charge on any atom is 0.110 e. The van der Waals surface area contributed by atoms with Crippen LogP contribution in [0.1, 0.15) is 53.4 Å². The van der Waals surface area contributed by atoms with Crippen LogP contribution in [0.4, 0.5) is 0 Å². The van der Waals surface area contributed by atoms with E-state index in [9.17, 15) is 25.5 Å². The van der Waals surface area contributed by atoms with Crippen LogP contribution in [0.3, 0.4) is 0 Å². The Balaban J connectivity index is 1.71. The lowest BCUT2D eigenvalue weighted by atomic mass is 9.58. The zero-order chi connectivity index (χ0) is 19.1. The van der Waals surface area contributed by atoms with Crippen LogP contribution >= 0.6 is 0 Å². The molecule has 2 bridgehead atoms. The highest BCUT2D eigenvalue weighted by Crippen LogP contribution is 2.72. The average molecular weight is 368 g/mol. The molecule has 5 rings (SSSR count). The molecule has 0 aromatic rings. The van der Waals surface area contributed by atoms with Gasteiger partial charge in [-0.25, -0.2) is 0 Å². The summed E-state index contributed by atoms with van der Waals surface area (Å²) in [5.41, 5.74) is -5.44. The van der Waals surface area contributed by atoms with E-state index in [2.05, 4.69) is 0 Å². The number of rotatable bonds is 0. The molecule has 0 aromatic carbocycles. The first-order valence-corrected chi connectivity index (χ1v) is 10.0. The van der Waals surface area contributed by atoms with E-state index in [1.54, 1.807) is 13.8 Å². The van der Waals surface area contributed by atoms with Crippen molar-refractivity contribution in [3.8, 4) is 0 Å². The van der Waals surface area contributed by atoms with Gasteiger partial charge in [0.1, 0.15) is 11.7 Å². The smallest absolute Gasteiger partial charge is 0.110 e. The molecular formula is C20H32O6. The molecule has 0 amide bonds. The van der Waals surface area contributed by atoms with Crippen molar-refractivity contribution in [3.63, 3.8) is 0 Å². The molecule has 0 unspecified atom stereocenters. The number of epoxide rings is 1. The number of aliphatic hydroxyl groups is 5. The third-order valence-corrected chi connectivity index (χ3v) is 9.44. The summed E-state index contributed by atoms with van der Waals surface area (Å²) in [4.78, 5) is 0. The standard InChI is InChI=1S/C20H32O6/c1-16(2)15-11(26-15)12-18(4,24)10-6-5-9-7-19(10,8-17(9,3)23)13(21)14(22)20(12,16)25/h9-15,21-25H,5-8H2,1-4H3/t9-,10+,11+,12-,13-,14-,15+,17-,18-,19-,20+/m1/s1. The van der Waals surface area contributed by atoms with E-state index >= 15 is 0 Å². The molecule has 6 heteroatoms. The van der Waals surface area contributed by atoms with E-state index in [4.69, 9.17) is 4.74 Å². The van der Waals surface area contributed by atoms with Crippen molar-refractivity contribution in [2.24, 2.45) is 28.6 Å². The molecule has 1 aliphatic heterocycles. The highest BCUT2D eigenvalue weighted by molar-refractivity contribution is 5.32. The van der Waals surface area contributed by atoms with Gasteiger partial charge in [0.2, 0.25) is 0 Å². The summed E-state index contributed by atoms with van der Waals surface area (Å²) in [6, 6.07) is 0. The second-order valence-electron chi connectivity index (χ2n) is 11.0. The lowest BCUT2D eigenvalue weighted by Gasteiger charge is -2.50. The van der Waals surface area contributed by atoms with E-state index in [0.717, 1.165) is 6.42 Å². The van der Waals surface area contributed by atoms with Gasteiger partial charge >= 0.3 is 0 Å². The van der Waals surface area contributed by atoms with Gasteiger partial charge in [0, 0.05) is 16.7 Å². The van der Waals surface area contributed by atoms with Crippen molar-refractivity contribution in [2.45, 2.75) is 94.6 Å². The molecule has 148 valence electrons. The Bertz CT molecular complexity index is 659. The Hall–Kier alpha value is -0.240.